The third-order valence-electron chi connectivity index (χ3n) is 3.92. The van der Waals surface area contributed by atoms with Gasteiger partial charge in [-0.3, -0.25) is 4.79 Å². The van der Waals surface area contributed by atoms with E-state index in [1.54, 1.807) is 6.33 Å². The van der Waals surface area contributed by atoms with Gasteiger partial charge in [0.1, 0.15) is 18.0 Å². The summed E-state index contributed by atoms with van der Waals surface area (Å²) in [6.07, 6.45) is 3.63. The summed E-state index contributed by atoms with van der Waals surface area (Å²) < 4.78 is 0. The quantitative estimate of drug-likeness (QED) is 0.928. The normalized spacial score (nSPS) is 17.8. The van der Waals surface area contributed by atoms with Crippen LogP contribution >= 0.6 is 11.3 Å². The Morgan fingerprint density at radius 3 is 3.04 bits per heavy atom. The zero-order valence-corrected chi connectivity index (χ0v) is 14.2. The van der Waals surface area contributed by atoms with Gasteiger partial charge in [-0.25, -0.2) is 9.97 Å². The molecule has 0 spiro atoms. The van der Waals surface area contributed by atoms with Crippen LogP contribution < -0.4 is 15.1 Å². The summed E-state index contributed by atoms with van der Waals surface area (Å²) in [4.78, 5) is 25.8. The van der Waals surface area contributed by atoms with Crippen molar-refractivity contribution >= 4 is 28.9 Å². The van der Waals surface area contributed by atoms with Gasteiger partial charge >= 0.3 is 0 Å². The van der Waals surface area contributed by atoms with Gasteiger partial charge in [-0.05, 0) is 24.3 Å². The van der Waals surface area contributed by atoms with Crippen molar-refractivity contribution in [1.29, 1.82) is 0 Å². The van der Waals surface area contributed by atoms with Gasteiger partial charge < -0.3 is 15.1 Å². The van der Waals surface area contributed by atoms with Gasteiger partial charge in [0, 0.05) is 39.3 Å². The maximum absolute atomic E-state index is 12.2. The van der Waals surface area contributed by atoms with E-state index in [2.05, 4.69) is 20.2 Å². The van der Waals surface area contributed by atoms with Crippen LogP contribution in [-0.4, -0.2) is 49.1 Å². The standard InChI is InChI=1S/C16H21N5OS/c1-20(2)14-9-15(18-11-17-14)21-7-3-5-12(10-21)19-16(22)13-6-4-8-23-13/h4,6,8-9,11-12H,3,5,7,10H2,1-2H3,(H,19,22)/t12-/m0/s1. The molecule has 0 bridgehead atoms. The number of hydrogen-bond donors (Lipinski definition) is 1. The molecule has 3 heterocycles. The van der Waals surface area contributed by atoms with E-state index in [4.69, 9.17) is 0 Å². The topological polar surface area (TPSA) is 61.4 Å². The Balaban J connectivity index is 1.66. The SMILES string of the molecule is CN(C)c1cc(N2CCC[C@H](NC(=O)c3cccs3)C2)ncn1. The minimum atomic E-state index is 0.0171. The maximum Gasteiger partial charge on any atom is 0.261 e. The molecule has 2 aromatic rings. The molecule has 1 N–H and O–H groups in total. The molecule has 1 atom stereocenters. The first kappa shape index (κ1) is 15.7. The predicted molar refractivity (Wildman–Crippen MR) is 93.4 cm³/mol. The largest absolute Gasteiger partial charge is 0.363 e. The number of rotatable bonds is 4. The van der Waals surface area contributed by atoms with Crippen molar-refractivity contribution in [2.24, 2.45) is 0 Å². The number of anilines is 2. The third kappa shape index (κ3) is 3.79. The van der Waals surface area contributed by atoms with Gasteiger partial charge in [0.05, 0.1) is 4.88 Å². The Morgan fingerprint density at radius 2 is 2.30 bits per heavy atom. The first-order valence-corrected chi connectivity index (χ1v) is 8.60. The van der Waals surface area contributed by atoms with Crippen molar-refractivity contribution in [3.63, 3.8) is 0 Å². The van der Waals surface area contributed by atoms with E-state index < -0.39 is 0 Å². The zero-order valence-electron chi connectivity index (χ0n) is 13.4. The highest BCUT2D eigenvalue weighted by Crippen LogP contribution is 2.21. The molecule has 6 nitrogen and oxygen atoms in total. The van der Waals surface area contributed by atoms with E-state index >= 15 is 0 Å². The molecule has 0 aromatic carbocycles. The summed E-state index contributed by atoms with van der Waals surface area (Å²) in [6, 6.07) is 5.89. The minimum absolute atomic E-state index is 0.0171. The number of piperidine rings is 1. The molecular formula is C16H21N5OS. The van der Waals surface area contributed by atoms with Gasteiger partial charge in [0.15, 0.2) is 0 Å². The van der Waals surface area contributed by atoms with Gasteiger partial charge in [0.25, 0.3) is 5.91 Å². The summed E-state index contributed by atoms with van der Waals surface area (Å²) in [5.74, 6) is 1.82. The number of carbonyl (C=O) groups is 1. The number of amides is 1. The van der Waals surface area contributed by atoms with Crippen molar-refractivity contribution in [1.82, 2.24) is 15.3 Å². The Kier molecular flexibility index (Phi) is 4.76. The summed E-state index contributed by atoms with van der Waals surface area (Å²) in [7, 11) is 3.93. The Hall–Kier alpha value is -2.15. The Labute approximate surface area is 140 Å². The molecule has 3 rings (SSSR count). The second-order valence-electron chi connectivity index (χ2n) is 5.86. The number of aromatic nitrogens is 2. The fourth-order valence-electron chi connectivity index (χ4n) is 2.72. The van der Waals surface area contributed by atoms with Crippen LogP contribution in [-0.2, 0) is 0 Å². The van der Waals surface area contributed by atoms with Gasteiger partial charge in [0.2, 0.25) is 0 Å². The number of thiophene rings is 1. The molecule has 0 saturated carbocycles. The maximum atomic E-state index is 12.2. The molecule has 1 saturated heterocycles. The molecule has 0 unspecified atom stereocenters. The summed E-state index contributed by atoms with van der Waals surface area (Å²) in [5.41, 5.74) is 0. The Bertz CT molecular complexity index is 658. The number of nitrogens with zero attached hydrogens (tertiary/aromatic N) is 4. The number of carbonyl (C=O) groups excluding carboxylic acids is 1. The summed E-state index contributed by atoms with van der Waals surface area (Å²) in [5, 5.41) is 5.06. The van der Waals surface area contributed by atoms with Crippen LogP contribution in [0.2, 0.25) is 0 Å². The lowest BCUT2D eigenvalue weighted by Crippen LogP contribution is -2.48. The van der Waals surface area contributed by atoms with E-state index in [0.717, 1.165) is 42.4 Å². The Morgan fingerprint density at radius 1 is 1.43 bits per heavy atom. The van der Waals surface area contributed by atoms with Crippen LogP contribution in [0.4, 0.5) is 11.6 Å². The van der Waals surface area contributed by atoms with Gasteiger partial charge in [-0.15, -0.1) is 11.3 Å². The fraction of sp³-hybridized carbons (Fsp3) is 0.438. The summed E-state index contributed by atoms with van der Waals surface area (Å²) in [6.45, 7) is 1.73. The van der Waals surface area contributed by atoms with Crippen molar-refractivity contribution in [2.75, 3.05) is 37.0 Å². The van der Waals surface area contributed by atoms with Crippen LogP contribution in [0.5, 0.6) is 0 Å². The van der Waals surface area contributed by atoms with E-state index in [9.17, 15) is 4.79 Å². The van der Waals surface area contributed by atoms with Crippen LogP contribution in [0.3, 0.4) is 0 Å². The molecule has 7 heteroatoms. The highest BCUT2D eigenvalue weighted by Gasteiger charge is 2.23. The smallest absolute Gasteiger partial charge is 0.261 e. The van der Waals surface area contributed by atoms with Crippen LogP contribution in [0.25, 0.3) is 0 Å². The number of nitrogens with one attached hydrogen (secondary N) is 1. The van der Waals surface area contributed by atoms with E-state index in [0.29, 0.717) is 0 Å². The van der Waals surface area contributed by atoms with E-state index in [1.165, 1.54) is 11.3 Å². The molecular weight excluding hydrogens is 310 g/mol. The van der Waals surface area contributed by atoms with Crippen LogP contribution in [0.1, 0.15) is 22.5 Å². The predicted octanol–water partition coefficient (Wildman–Crippen LogP) is 2.00. The summed E-state index contributed by atoms with van der Waals surface area (Å²) >= 11 is 1.47. The minimum Gasteiger partial charge on any atom is -0.363 e. The second-order valence-corrected chi connectivity index (χ2v) is 6.81. The van der Waals surface area contributed by atoms with Crippen molar-refractivity contribution in [3.05, 3.63) is 34.8 Å². The molecule has 0 radical (unpaired) electrons. The van der Waals surface area contributed by atoms with Crippen LogP contribution in [0.15, 0.2) is 29.9 Å². The van der Waals surface area contributed by atoms with Gasteiger partial charge in [-0.2, -0.15) is 0 Å². The average Bonchev–Trinajstić information content (AvgIpc) is 3.10. The van der Waals surface area contributed by atoms with Crippen molar-refractivity contribution < 1.29 is 4.79 Å². The lowest BCUT2D eigenvalue weighted by atomic mass is 10.1. The van der Waals surface area contributed by atoms with E-state index in [-0.39, 0.29) is 11.9 Å². The number of hydrogen-bond acceptors (Lipinski definition) is 6. The highest BCUT2D eigenvalue weighted by atomic mass is 32.1. The molecule has 0 aliphatic carbocycles. The fourth-order valence-corrected chi connectivity index (χ4v) is 3.35. The average molecular weight is 331 g/mol. The zero-order chi connectivity index (χ0) is 16.2. The lowest BCUT2D eigenvalue weighted by molar-refractivity contribution is 0.0937. The van der Waals surface area contributed by atoms with Crippen molar-refractivity contribution in [3.8, 4) is 0 Å². The molecule has 23 heavy (non-hydrogen) atoms. The first-order valence-electron chi connectivity index (χ1n) is 7.72. The van der Waals surface area contributed by atoms with Crippen LogP contribution in [0, 0.1) is 0 Å². The molecule has 1 amide bonds. The molecule has 1 fully saturated rings. The molecule has 2 aromatic heterocycles. The third-order valence-corrected chi connectivity index (χ3v) is 4.79. The van der Waals surface area contributed by atoms with Gasteiger partial charge in [-0.1, -0.05) is 6.07 Å². The molecule has 122 valence electrons. The lowest BCUT2D eigenvalue weighted by Gasteiger charge is -2.34. The first-order chi connectivity index (χ1) is 11.1. The molecule has 1 aliphatic rings. The van der Waals surface area contributed by atoms with E-state index in [1.807, 2.05) is 42.6 Å². The highest BCUT2D eigenvalue weighted by molar-refractivity contribution is 7.12. The monoisotopic (exact) mass is 331 g/mol. The molecule has 1 aliphatic heterocycles. The second kappa shape index (κ2) is 6.95. The van der Waals surface area contributed by atoms with Crippen molar-refractivity contribution in [2.45, 2.75) is 18.9 Å².